The van der Waals surface area contributed by atoms with E-state index in [2.05, 4.69) is 0 Å². The van der Waals surface area contributed by atoms with Crippen molar-refractivity contribution in [3.8, 4) is 5.75 Å². The predicted octanol–water partition coefficient (Wildman–Crippen LogP) is 4.62. The molecule has 2 aromatic carbocycles. The van der Waals surface area contributed by atoms with E-state index in [1.807, 2.05) is 0 Å². The molecule has 0 heterocycles. The Morgan fingerprint density at radius 1 is 1.20 bits per heavy atom. The summed E-state index contributed by atoms with van der Waals surface area (Å²) >= 11 is 11.3. The third-order valence-corrected chi connectivity index (χ3v) is 3.13. The van der Waals surface area contributed by atoms with Crippen LogP contribution in [0.4, 0.5) is 10.1 Å². The zero-order chi connectivity index (χ0) is 14.7. The number of nitro groups is 1. The van der Waals surface area contributed by atoms with Crippen molar-refractivity contribution in [1.82, 2.24) is 0 Å². The van der Waals surface area contributed by atoms with Crippen molar-refractivity contribution in [3.63, 3.8) is 0 Å². The number of halogens is 3. The highest BCUT2D eigenvalue weighted by Crippen LogP contribution is 2.27. The van der Waals surface area contributed by atoms with Crippen LogP contribution >= 0.6 is 23.2 Å². The SMILES string of the molecule is O=[N+]([O-])c1cc(COc2cccc(Cl)c2F)ccc1Cl. The van der Waals surface area contributed by atoms with Crippen LogP contribution in [0.25, 0.3) is 0 Å². The first kappa shape index (κ1) is 14.6. The lowest BCUT2D eigenvalue weighted by atomic mass is 10.2. The molecule has 0 fully saturated rings. The maximum atomic E-state index is 13.6. The van der Waals surface area contributed by atoms with Crippen LogP contribution in [0.5, 0.6) is 5.75 Å². The van der Waals surface area contributed by atoms with Gasteiger partial charge in [0.25, 0.3) is 5.69 Å². The summed E-state index contributed by atoms with van der Waals surface area (Å²) in [6.45, 7) is -0.0325. The molecule has 0 aliphatic rings. The molecule has 0 atom stereocenters. The molecule has 0 saturated heterocycles. The fraction of sp³-hybridized carbons (Fsp3) is 0.0769. The van der Waals surface area contributed by atoms with Gasteiger partial charge in [-0.25, -0.2) is 4.39 Å². The summed E-state index contributed by atoms with van der Waals surface area (Å²) in [4.78, 5) is 10.2. The summed E-state index contributed by atoms with van der Waals surface area (Å²) in [6.07, 6.45) is 0. The van der Waals surface area contributed by atoms with Crippen molar-refractivity contribution in [2.75, 3.05) is 0 Å². The van der Waals surface area contributed by atoms with E-state index < -0.39 is 10.7 Å². The van der Waals surface area contributed by atoms with Gasteiger partial charge in [-0.15, -0.1) is 0 Å². The largest absolute Gasteiger partial charge is 0.486 e. The molecular weight excluding hydrogens is 308 g/mol. The maximum Gasteiger partial charge on any atom is 0.288 e. The minimum atomic E-state index is -0.669. The number of nitrogens with zero attached hydrogens (tertiary/aromatic N) is 1. The second-order valence-corrected chi connectivity index (χ2v) is 4.70. The first-order chi connectivity index (χ1) is 9.49. The Morgan fingerprint density at radius 3 is 2.65 bits per heavy atom. The predicted molar refractivity (Wildman–Crippen MR) is 73.8 cm³/mol. The van der Waals surface area contributed by atoms with Gasteiger partial charge in [0.1, 0.15) is 11.6 Å². The molecule has 0 bridgehead atoms. The lowest BCUT2D eigenvalue weighted by molar-refractivity contribution is -0.384. The monoisotopic (exact) mass is 315 g/mol. The van der Waals surface area contributed by atoms with E-state index in [0.29, 0.717) is 5.56 Å². The molecule has 4 nitrogen and oxygen atoms in total. The van der Waals surface area contributed by atoms with Crippen LogP contribution in [0, 0.1) is 15.9 Å². The summed E-state index contributed by atoms with van der Waals surface area (Å²) < 4.78 is 18.8. The third kappa shape index (κ3) is 3.18. The number of benzene rings is 2. The Kier molecular flexibility index (Phi) is 4.42. The lowest BCUT2D eigenvalue weighted by Crippen LogP contribution is -1.99. The highest BCUT2D eigenvalue weighted by atomic mass is 35.5. The van der Waals surface area contributed by atoms with Crippen LogP contribution in [-0.4, -0.2) is 4.92 Å². The zero-order valence-electron chi connectivity index (χ0n) is 9.98. The van der Waals surface area contributed by atoms with Crippen LogP contribution in [0.1, 0.15) is 5.56 Å². The van der Waals surface area contributed by atoms with Crippen molar-refractivity contribution in [3.05, 3.63) is 67.9 Å². The van der Waals surface area contributed by atoms with Crippen LogP contribution in [0.15, 0.2) is 36.4 Å². The van der Waals surface area contributed by atoms with Crippen molar-refractivity contribution >= 4 is 28.9 Å². The quantitative estimate of drug-likeness (QED) is 0.611. The van der Waals surface area contributed by atoms with Gasteiger partial charge in [-0.1, -0.05) is 35.3 Å². The molecule has 0 N–H and O–H groups in total. The van der Waals surface area contributed by atoms with Gasteiger partial charge in [-0.3, -0.25) is 10.1 Å². The second-order valence-electron chi connectivity index (χ2n) is 3.88. The Hall–Kier alpha value is -1.85. The van der Waals surface area contributed by atoms with E-state index in [1.54, 1.807) is 12.1 Å². The summed E-state index contributed by atoms with van der Waals surface area (Å²) in [5.41, 5.74) is 0.278. The van der Waals surface area contributed by atoms with Gasteiger partial charge < -0.3 is 4.74 Å². The van der Waals surface area contributed by atoms with E-state index in [9.17, 15) is 14.5 Å². The Labute approximate surface area is 123 Å². The third-order valence-electron chi connectivity index (χ3n) is 2.52. The van der Waals surface area contributed by atoms with Crippen LogP contribution in [0.2, 0.25) is 10.0 Å². The highest BCUT2D eigenvalue weighted by Gasteiger charge is 2.13. The molecule has 0 radical (unpaired) electrons. The van der Waals surface area contributed by atoms with Crippen molar-refractivity contribution in [2.24, 2.45) is 0 Å². The molecule has 20 heavy (non-hydrogen) atoms. The standard InChI is InChI=1S/C13H8Cl2FNO3/c14-9-5-4-8(6-11(9)17(18)19)7-20-12-3-1-2-10(15)13(12)16/h1-6H,7H2. The minimum absolute atomic E-state index is 0.0184. The number of hydrogen-bond donors (Lipinski definition) is 0. The minimum Gasteiger partial charge on any atom is -0.486 e. The van der Waals surface area contributed by atoms with Crippen LogP contribution < -0.4 is 4.74 Å². The van der Waals surface area contributed by atoms with Gasteiger partial charge >= 0.3 is 0 Å². The second kappa shape index (κ2) is 6.07. The van der Waals surface area contributed by atoms with Gasteiger partial charge in [0.2, 0.25) is 0 Å². The van der Waals surface area contributed by atoms with E-state index in [-0.39, 0.29) is 28.1 Å². The molecule has 2 rings (SSSR count). The average Bonchev–Trinajstić information content (AvgIpc) is 2.41. The first-order valence-corrected chi connectivity index (χ1v) is 6.24. The fourth-order valence-corrected chi connectivity index (χ4v) is 1.90. The molecule has 0 saturated carbocycles. The van der Waals surface area contributed by atoms with E-state index in [1.165, 1.54) is 24.3 Å². The molecule has 0 amide bonds. The lowest BCUT2D eigenvalue weighted by Gasteiger charge is -2.08. The van der Waals surface area contributed by atoms with Crippen LogP contribution in [-0.2, 0) is 6.61 Å². The smallest absolute Gasteiger partial charge is 0.288 e. The zero-order valence-corrected chi connectivity index (χ0v) is 11.5. The summed E-state index contributed by atoms with van der Waals surface area (Å²) in [5.74, 6) is -0.687. The van der Waals surface area contributed by atoms with Crippen LogP contribution in [0.3, 0.4) is 0 Å². The van der Waals surface area contributed by atoms with Gasteiger partial charge in [0.05, 0.1) is 9.95 Å². The summed E-state index contributed by atoms with van der Waals surface area (Å²) in [6, 6.07) is 8.61. The van der Waals surface area contributed by atoms with E-state index in [4.69, 9.17) is 27.9 Å². The first-order valence-electron chi connectivity index (χ1n) is 5.48. The molecular formula is C13H8Cl2FNO3. The summed E-state index contributed by atoms with van der Waals surface area (Å²) in [7, 11) is 0. The van der Waals surface area contributed by atoms with E-state index in [0.717, 1.165) is 0 Å². The molecule has 0 aromatic heterocycles. The summed E-state index contributed by atoms with van der Waals surface area (Å²) in [5, 5.41) is 10.7. The number of ether oxygens (including phenoxy) is 1. The molecule has 0 spiro atoms. The molecule has 0 aliphatic carbocycles. The van der Waals surface area contributed by atoms with Crippen molar-refractivity contribution < 1.29 is 14.1 Å². The maximum absolute atomic E-state index is 13.6. The topological polar surface area (TPSA) is 52.4 Å². The number of hydrogen-bond acceptors (Lipinski definition) is 3. The Balaban J connectivity index is 2.17. The van der Waals surface area contributed by atoms with Gasteiger partial charge in [-0.2, -0.15) is 0 Å². The molecule has 0 aliphatic heterocycles. The number of nitro benzene ring substituents is 1. The number of rotatable bonds is 4. The van der Waals surface area contributed by atoms with E-state index >= 15 is 0 Å². The molecule has 0 unspecified atom stereocenters. The van der Waals surface area contributed by atoms with Crippen molar-refractivity contribution in [2.45, 2.75) is 6.61 Å². The fourth-order valence-electron chi connectivity index (χ4n) is 1.54. The normalized spacial score (nSPS) is 10.3. The highest BCUT2D eigenvalue weighted by molar-refractivity contribution is 6.32. The Morgan fingerprint density at radius 2 is 1.95 bits per heavy atom. The molecule has 2 aromatic rings. The molecule has 7 heteroatoms. The average molecular weight is 316 g/mol. The van der Waals surface area contributed by atoms with Gasteiger partial charge in [0, 0.05) is 6.07 Å². The van der Waals surface area contributed by atoms with Gasteiger partial charge in [0.15, 0.2) is 11.6 Å². The Bertz CT molecular complexity index is 664. The van der Waals surface area contributed by atoms with Crippen molar-refractivity contribution in [1.29, 1.82) is 0 Å². The molecule has 104 valence electrons. The van der Waals surface area contributed by atoms with Gasteiger partial charge in [-0.05, 0) is 23.8 Å².